The molecule has 0 radical (unpaired) electrons. The average Bonchev–Trinajstić information content (AvgIpc) is 2.95. The Bertz CT molecular complexity index is 355. The first-order valence-electron chi connectivity index (χ1n) is 6.65. The second-order valence-electron chi connectivity index (χ2n) is 4.91. The molecule has 2 atom stereocenters. The standard InChI is InChI=1S/C14H23NOS/c1-4-11-7-8-12(17-11)13(15-5-2)14(3)9-6-10-16-14/h7-8,13,15H,4-6,9-10H2,1-3H3. The summed E-state index contributed by atoms with van der Waals surface area (Å²) >= 11 is 1.92. The van der Waals surface area contributed by atoms with Crippen LogP contribution in [0.15, 0.2) is 12.1 Å². The Morgan fingerprint density at radius 1 is 1.47 bits per heavy atom. The van der Waals surface area contributed by atoms with Crippen molar-refractivity contribution in [3.8, 4) is 0 Å². The Balaban J connectivity index is 2.21. The Morgan fingerprint density at radius 2 is 2.29 bits per heavy atom. The van der Waals surface area contributed by atoms with Crippen LogP contribution in [0.1, 0.15) is 49.4 Å². The number of aryl methyl sites for hydroxylation is 1. The van der Waals surface area contributed by atoms with Crippen molar-refractivity contribution < 1.29 is 4.74 Å². The van der Waals surface area contributed by atoms with E-state index < -0.39 is 0 Å². The van der Waals surface area contributed by atoms with Crippen molar-refractivity contribution >= 4 is 11.3 Å². The van der Waals surface area contributed by atoms with Crippen LogP contribution in [-0.2, 0) is 11.2 Å². The minimum Gasteiger partial charge on any atom is -0.373 e. The molecular formula is C14H23NOS. The lowest BCUT2D eigenvalue weighted by Crippen LogP contribution is -2.40. The molecule has 3 heteroatoms. The summed E-state index contributed by atoms with van der Waals surface area (Å²) in [7, 11) is 0. The highest BCUT2D eigenvalue weighted by atomic mass is 32.1. The van der Waals surface area contributed by atoms with Crippen LogP contribution < -0.4 is 5.32 Å². The van der Waals surface area contributed by atoms with E-state index in [4.69, 9.17) is 4.74 Å². The van der Waals surface area contributed by atoms with Crippen LogP contribution in [0.4, 0.5) is 0 Å². The van der Waals surface area contributed by atoms with E-state index in [0.717, 1.165) is 26.0 Å². The molecule has 96 valence electrons. The zero-order valence-corrected chi connectivity index (χ0v) is 11.9. The summed E-state index contributed by atoms with van der Waals surface area (Å²) in [4.78, 5) is 2.89. The number of likely N-dealkylation sites (N-methyl/N-ethyl adjacent to an activating group) is 1. The summed E-state index contributed by atoms with van der Waals surface area (Å²) in [6, 6.07) is 4.87. The number of ether oxygens (including phenoxy) is 1. The lowest BCUT2D eigenvalue weighted by atomic mass is 9.92. The van der Waals surface area contributed by atoms with Crippen molar-refractivity contribution in [2.45, 2.75) is 51.7 Å². The highest BCUT2D eigenvalue weighted by Gasteiger charge is 2.39. The molecule has 1 fully saturated rings. The third kappa shape index (κ3) is 2.72. The molecule has 1 aromatic rings. The number of hydrogen-bond acceptors (Lipinski definition) is 3. The largest absolute Gasteiger partial charge is 0.373 e. The molecule has 0 bridgehead atoms. The first kappa shape index (κ1) is 13.1. The first-order valence-corrected chi connectivity index (χ1v) is 7.47. The lowest BCUT2D eigenvalue weighted by Gasteiger charge is -2.33. The van der Waals surface area contributed by atoms with E-state index >= 15 is 0 Å². The Labute approximate surface area is 108 Å². The Morgan fingerprint density at radius 3 is 2.82 bits per heavy atom. The molecule has 0 aliphatic carbocycles. The molecule has 1 aliphatic rings. The van der Waals surface area contributed by atoms with E-state index in [1.165, 1.54) is 16.2 Å². The van der Waals surface area contributed by atoms with Gasteiger partial charge in [-0.15, -0.1) is 11.3 Å². The van der Waals surface area contributed by atoms with Gasteiger partial charge >= 0.3 is 0 Å². The van der Waals surface area contributed by atoms with Gasteiger partial charge in [0, 0.05) is 16.4 Å². The van der Waals surface area contributed by atoms with Crippen molar-refractivity contribution in [3.63, 3.8) is 0 Å². The SMILES string of the molecule is CCNC(c1ccc(CC)s1)C1(C)CCCO1. The molecule has 0 amide bonds. The second kappa shape index (κ2) is 5.51. The Kier molecular flexibility index (Phi) is 4.23. The van der Waals surface area contributed by atoms with Gasteiger partial charge in [-0.25, -0.2) is 0 Å². The zero-order valence-electron chi connectivity index (χ0n) is 11.1. The van der Waals surface area contributed by atoms with Gasteiger partial charge in [0.25, 0.3) is 0 Å². The number of thiophene rings is 1. The average molecular weight is 253 g/mol. The monoisotopic (exact) mass is 253 g/mol. The van der Waals surface area contributed by atoms with Gasteiger partial charge < -0.3 is 10.1 Å². The first-order chi connectivity index (χ1) is 8.19. The van der Waals surface area contributed by atoms with E-state index in [1.54, 1.807) is 0 Å². The maximum atomic E-state index is 6.00. The second-order valence-corrected chi connectivity index (χ2v) is 6.11. The molecule has 1 N–H and O–H groups in total. The topological polar surface area (TPSA) is 21.3 Å². The smallest absolute Gasteiger partial charge is 0.0857 e. The van der Waals surface area contributed by atoms with Crippen LogP contribution in [0.2, 0.25) is 0 Å². The van der Waals surface area contributed by atoms with Gasteiger partial charge in [0.2, 0.25) is 0 Å². The molecule has 2 rings (SSSR count). The highest BCUT2D eigenvalue weighted by Crippen LogP contribution is 2.39. The predicted octanol–water partition coefficient (Wildman–Crippen LogP) is 3.53. The van der Waals surface area contributed by atoms with Gasteiger partial charge in [-0.2, -0.15) is 0 Å². The molecule has 1 saturated heterocycles. The van der Waals surface area contributed by atoms with Crippen molar-refractivity contribution in [2.75, 3.05) is 13.2 Å². The fourth-order valence-corrected chi connectivity index (χ4v) is 3.76. The van der Waals surface area contributed by atoms with Crippen LogP contribution in [0, 0.1) is 0 Å². The quantitative estimate of drug-likeness (QED) is 0.867. The summed E-state index contributed by atoms with van der Waals surface area (Å²) in [5.74, 6) is 0. The summed E-state index contributed by atoms with van der Waals surface area (Å²) in [6.45, 7) is 8.53. The minimum atomic E-state index is -0.0219. The lowest BCUT2D eigenvalue weighted by molar-refractivity contribution is -0.0111. The normalized spacial score (nSPS) is 26.3. The molecule has 2 unspecified atom stereocenters. The van der Waals surface area contributed by atoms with Gasteiger partial charge in [0.05, 0.1) is 11.6 Å². The van der Waals surface area contributed by atoms with Crippen molar-refractivity contribution in [1.29, 1.82) is 0 Å². The maximum absolute atomic E-state index is 6.00. The fraction of sp³-hybridized carbons (Fsp3) is 0.714. The third-order valence-electron chi connectivity index (χ3n) is 3.58. The third-order valence-corrected chi connectivity index (χ3v) is 4.88. The van der Waals surface area contributed by atoms with E-state index in [-0.39, 0.29) is 5.60 Å². The molecule has 0 spiro atoms. The number of nitrogens with one attached hydrogen (secondary N) is 1. The van der Waals surface area contributed by atoms with E-state index in [1.807, 2.05) is 11.3 Å². The summed E-state index contributed by atoms with van der Waals surface area (Å²) in [5.41, 5.74) is -0.0219. The summed E-state index contributed by atoms with van der Waals surface area (Å²) < 4.78 is 6.00. The van der Waals surface area contributed by atoms with Crippen LogP contribution in [0.25, 0.3) is 0 Å². The predicted molar refractivity (Wildman–Crippen MR) is 73.7 cm³/mol. The molecule has 1 aliphatic heterocycles. The number of hydrogen-bond donors (Lipinski definition) is 1. The van der Waals surface area contributed by atoms with Crippen LogP contribution in [0.5, 0.6) is 0 Å². The van der Waals surface area contributed by atoms with E-state index in [0.29, 0.717) is 6.04 Å². The molecule has 1 aromatic heterocycles. The maximum Gasteiger partial charge on any atom is 0.0857 e. The van der Waals surface area contributed by atoms with Crippen LogP contribution in [0.3, 0.4) is 0 Å². The molecule has 0 aromatic carbocycles. The van der Waals surface area contributed by atoms with Gasteiger partial charge in [-0.3, -0.25) is 0 Å². The van der Waals surface area contributed by atoms with Crippen molar-refractivity contribution in [3.05, 3.63) is 21.9 Å². The molecule has 0 saturated carbocycles. The molecule has 17 heavy (non-hydrogen) atoms. The molecular weight excluding hydrogens is 230 g/mol. The van der Waals surface area contributed by atoms with Crippen LogP contribution >= 0.6 is 11.3 Å². The highest BCUT2D eigenvalue weighted by molar-refractivity contribution is 7.12. The van der Waals surface area contributed by atoms with Crippen LogP contribution in [-0.4, -0.2) is 18.8 Å². The fourth-order valence-electron chi connectivity index (χ4n) is 2.59. The van der Waals surface area contributed by atoms with Gasteiger partial charge in [0.15, 0.2) is 0 Å². The minimum absolute atomic E-state index is 0.0219. The summed E-state index contributed by atoms with van der Waals surface area (Å²) in [5, 5.41) is 3.60. The van der Waals surface area contributed by atoms with Gasteiger partial charge in [-0.05, 0) is 44.9 Å². The van der Waals surface area contributed by atoms with Gasteiger partial charge in [-0.1, -0.05) is 13.8 Å². The Hall–Kier alpha value is -0.380. The van der Waals surface area contributed by atoms with E-state index in [9.17, 15) is 0 Å². The van der Waals surface area contributed by atoms with Crippen molar-refractivity contribution in [2.24, 2.45) is 0 Å². The molecule has 2 heterocycles. The molecule has 2 nitrogen and oxygen atoms in total. The number of rotatable bonds is 5. The zero-order chi connectivity index (χ0) is 12.3. The van der Waals surface area contributed by atoms with E-state index in [2.05, 4.69) is 38.2 Å². The van der Waals surface area contributed by atoms with Gasteiger partial charge in [0.1, 0.15) is 0 Å². The van der Waals surface area contributed by atoms with Crippen molar-refractivity contribution in [1.82, 2.24) is 5.32 Å². The summed E-state index contributed by atoms with van der Waals surface area (Å²) in [6.07, 6.45) is 3.47.